The topological polar surface area (TPSA) is 49.0 Å². The van der Waals surface area contributed by atoms with Gasteiger partial charge in [0.15, 0.2) is 0 Å². The van der Waals surface area contributed by atoms with Crippen molar-refractivity contribution in [3.8, 4) is 0 Å². The molecule has 27 heavy (non-hydrogen) atoms. The van der Waals surface area contributed by atoms with E-state index in [9.17, 15) is 4.79 Å². The number of aromatic amines is 1. The molecule has 0 radical (unpaired) electrons. The van der Waals surface area contributed by atoms with Crippen molar-refractivity contribution in [3.05, 3.63) is 88.2 Å². The van der Waals surface area contributed by atoms with Crippen molar-refractivity contribution in [1.82, 2.24) is 15.1 Å². The first-order chi connectivity index (χ1) is 13.1. The van der Waals surface area contributed by atoms with Crippen LogP contribution in [0.2, 0.25) is 0 Å². The molecular weight excluding hydrogens is 334 g/mol. The average molecular weight is 359 g/mol. The molecule has 0 spiro atoms. The van der Waals surface area contributed by atoms with Gasteiger partial charge in [-0.25, -0.2) is 0 Å². The Balaban J connectivity index is 1.61. The minimum Gasteiger partial charge on any atom is -0.340 e. The number of H-pyrrole nitrogens is 1. The van der Waals surface area contributed by atoms with Crippen LogP contribution in [0.3, 0.4) is 0 Å². The molecule has 0 saturated carbocycles. The molecule has 0 atom stereocenters. The predicted molar refractivity (Wildman–Crippen MR) is 107 cm³/mol. The zero-order chi connectivity index (χ0) is 18.8. The first-order valence-corrected chi connectivity index (χ1v) is 9.52. The van der Waals surface area contributed by atoms with Crippen molar-refractivity contribution in [2.45, 2.75) is 38.6 Å². The van der Waals surface area contributed by atoms with Crippen LogP contribution in [0.15, 0.2) is 54.6 Å². The number of carbonyl (C=O) groups is 1. The molecule has 1 heterocycles. The van der Waals surface area contributed by atoms with Gasteiger partial charge in [0.2, 0.25) is 5.91 Å². The van der Waals surface area contributed by atoms with E-state index in [0.29, 0.717) is 13.0 Å². The molecule has 0 fully saturated rings. The number of fused-ring (bicyclic) bond motifs is 2. The molecular formula is C23H25N3O. The van der Waals surface area contributed by atoms with E-state index in [1.54, 1.807) is 4.90 Å². The highest BCUT2D eigenvalue weighted by atomic mass is 16.2. The van der Waals surface area contributed by atoms with Crippen molar-refractivity contribution in [3.63, 3.8) is 0 Å². The maximum atomic E-state index is 13.0. The third kappa shape index (κ3) is 3.65. The summed E-state index contributed by atoms with van der Waals surface area (Å²) in [5, 5.41) is 7.19. The summed E-state index contributed by atoms with van der Waals surface area (Å²) in [6, 6.07) is 19.1. The Bertz CT molecular complexity index is 912. The summed E-state index contributed by atoms with van der Waals surface area (Å²) in [6.07, 6.45) is 2.54. The molecule has 0 unspecified atom stereocenters. The fourth-order valence-electron chi connectivity index (χ4n) is 4.08. The molecule has 2 aromatic carbocycles. The second kappa shape index (κ2) is 7.39. The Morgan fingerprint density at radius 2 is 1.67 bits per heavy atom. The van der Waals surface area contributed by atoms with E-state index in [0.717, 1.165) is 24.2 Å². The van der Waals surface area contributed by atoms with Gasteiger partial charge in [-0.05, 0) is 48.1 Å². The predicted octanol–water partition coefficient (Wildman–Crippen LogP) is 4.00. The van der Waals surface area contributed by atoms with Gasteiger partial charge in [-0.15, -0.1) is 0 Å². The molecule has 0 saturated heterocycles. The molecule has 4 heteroatoms. The molecule has 0 aliphatic heterocycles. The first-order valence-electron chi connectivity index (χ1n) is 9.52. The van der Waals surface area contributed by atoms with Crippen LogP contribution in [-0.2, 0) is 24.2 Å². The summed E-state index contributed by atoms with van der Waals surface area (Å²) < 4.78 is 0. The normalized spacial score (nSPS) is 13.6. The molecule has 3 aromatic rings. The van der Waals surface area contributed by atoms with E-state index < -0.39 is 0 Å². The van der Waals surface area contributed by atoms with E-state index in [1.807, 2.05) is 20.0 Å². The number of carbonyl (C=O) groups excluding carboxylic acids is 1. The zero-order valence-corrected chi connectivity index (χ0v) is 15.9. The van der Waals surface area contributed by atoms with Crippen LogP contribution in [0.5, 0.6) is 0 Å². The number of hydrogen-bond donors (Lipinski definition) is 1. The Kier molecular flexibility index (Phi) is 4.80. The number of nitrogens with one attached hydrogen (secondary N) is 1. The van der Waals surface area contributed by atoms with E-state index in [2.05, 4.69) is 58.7 Å². The number of benzene rings is 2. The molecule has 1 N–H and O–H groups in total. The quantitative estimate of drug-likeness (QED) is 0.765. The summed E-state index contributed by atoms with van der Waals surface area (Å²) in [4.78, 5) is 14.8. The Morgan fingerprint density at radius 3 is 2.22 bits per heavy atom. The van der Waals surface area contributed by atoms with Crippen LogP contribution in [0, 0.1) is 6.92 Å². The van der Waals surface area contributed by atoms with Crippen molar-refractivity contribution >= 4 is 5.91 Å². The monoisotopic (exact) mass is 359 g/mol. The zero-order valence-electron chi connectivity index (χ0n) is 15.9. The second-order valence-corrected chi connectivity index (χ2v) is 7.45. The van der Waals surface area contributed by atoms with Crippen LogP contribution in [0.25, 0.3) is 0 Å². The summed E-state index contributed by atoms with van der Waals surface area (Å²) in [7, 11) is 1.86. The first kappa shape index (κ1) is 17.5. The van der Waals surface area contributed by atoms with Crippen LogP contribution in [-0.4, -0.2) is 28.1 Å². The van der Waals surface area contributed by atoms with E-state index in [1.165, 1.54) is 22.3 Å². The Labute approximate surface area is 160 Å². The number of amides is 1. The third-order valence-electron chi connectivity index (χ3n) is 5.49. The summed E-state index contributed by atoms with van der Waals surface area (Å²) in [5.74, 6) is 0.253. The van der Waals surface area contributed by atoms with Gasteiger partial charge >= 0.3 is 0 Å². The number of aromatic nitrogens is 2. The average Bonchev–Trinajstić information content (AvgIpc) is 3.02. The Hall–Kier alpha value is -2.88. The van der Waals surface area contributed by atoms with Crippen molar-refractivity contribution in [1.29, 1.82) is 0 Å². The van der Waals surface area contributed by atoms with Crippen molar-refractivity contribution in [2.24, 2.45) is 0 Å². The highest BCUT2D eigenvalue weighted by molar-refractivity contribution is 5.77. The summed E-state index contributed by atoms with van der Waals surface area (Å²) in [6.45, 7) is 2.50. The largest absolute Gasteiger partial charge is 0.340 e. The minimum absolute atomic E-state index is 0.107. The van der Waals surface area contributed by atoms with Crippen LogP contribution in [0.1, 0.15) is 46.0 Å². The third-order valence-corrected chi connectivity index (χ3v) is 5.49. The highest BCUT2D eigenvalue weighted by Gasteiger charge is 2.26. The molecule has 1 aliphatic rings. The van der Waals surface area contributed by atoms with Gasteiger partial charge in [-0.2, -0.15) is 5.10 Å². The van der Waals surface area contributed by atoms with Gasteiger partial charge in [0, 0.05) is 25.1 Å². The molecule has 1 amide bonds. The van der Waals surface area contributed by atoms with Gasteiger partial charge in [0.1, 0.15) is 0 Å². The van der Waals surface area contributed by atoms with Crippen LogP contribution in [0.4, 0.5) is 0 Å². The van der Waals surface area contributed by atoms with Crippen molar-refractivity contribution < 1.29 is 4.79 Å². The molecule has 0 bridgehead atoms. The number of nitrogens with zero attached hydrogens (tertiary/aromatic N) is 2. The molecule has 4 rings (SSSR count). The molecule has 1 aromatic heterocycles. The molecule has 1 aliphatic carbocycles. The van der Waals surface area contributed by atoms with Gasteiger partial charge in [-0.1, -0.05) is 48.5 Å². The van der Waals surface area contributed by atoms with Crippen LogP contribution < -0.4 is 0 Å². The smallest absolute Gasteiger partial charge is 0.223 e. The Morgan fingerprint density at radius 1 is 1.07 bits per heavy atom. The van der Waals surface area contributed by atoms with Gasteiger partial charge in [-0.3, -0.25) is 9.89 Å². The van der Waals surface area contributed by atoms with E-state index in [-0.39, 0.29) is 11.8 Å². The molecule has 138 valence electrons. The minimum atomic E-state index is 0.107. The van der Waals surface area contributed by atoms with Gasteiger partial charge in [0.25, 0.3) is 0 Å². The highest BCUT2D eigenvalue weighted by Crippen LogP contribution is 2.36. The lowest BCUT2D eigenvalue weighted by molar-refractivity contribution is -0.130. The fraction of sp³-hybridized carbons (Fsp3) is 0.304. The van der Waals surface area contributed by atoms with Crippen LogP contribution >= 0.6 is 0 Å². The fourth-order valence-corrected chi connectivity index (χ4v) is 4.08. The molecule has 4 nitrogen and oxygen atoms in total. The second-order valence-electron chi connectivity index (χ2n) is 7.45. The number of aryl methyl sites for hydroxylation is 3. The standard InChI is InChI=1S/C23H25N3O/c1-16-13-19(25-24-16)15-26(2)23(27)14-22-20-9-5-3-7-17(20)11-12-18-8-4-6-10-21(18)22/h3-10,13,22H,11-12,14-15H2,1-2H3,(H,24,25). The number of rotatable bonds is 4. The van der Waals surface area contributed by atoms with Gasteiger partial charge in [0.05, 0.1) is 12.2 Å². The SMILES string of the molecule is Cc1cc(CN(C)C(=O)CC2c3ccccc3CCc3ccccc32)n[nH]1. The summed E-state index contributed by atoms with van der Waals surface area (Å²) in [5.41, 5.74) is 7.20. The van der Waals surface area contributed by atoms with Gasteiger partial charge < -0.3 is 4.90 Å². The number of hydrogen-bond acceptors (Lipinski definition) is 2. The van der Waals surface area contributed by atoms with Crippen molar-refractivity contribution in [2.75, 3.05) is 7.05 Å². The van der Waals surface area contributed by atoms with E-state index in [4.69, 9.17) is 0 Å². The summed E-state index contributed by atoms with van der Waals surface area (Å²) >= 11 is 0. The maximum absolute atomic E-state index is 13.0. The van der Waals surface area contributed by atoms with E-state index >= 15 is 0 Å². The lowest BCUT2D eigenvalue weighted by Gasteiger charge is -2.23. The lowest BCUT2D eigenvalue weighted by atomic mass is 9.85. The maximum Gasteiger partial charge on any atom is 0.223 e. The lowest BCUT2D eigenvalue weighted by Crippen LogP contribution is -2.28.